The van der Waals surface area contributed by atoms with Gasteiger partial charge in [0.2, 0.25) is 12.7 Å². The number of fused-ring (bicyclic) bond motifs is 1. The smallest absolute Gasteiger partial charge is 0.236 e. The largest absolute Gasteiger partial charge is 0.454 e. The molecule has 2 saturated heterocycles. The maximum absolute atomic E-state index is 12.5. The van der Waals surface area contributed by atoms with Crippen LogP contribution in [0.15, 0.2) is 18.2 Å². The third kappa shape index (κ3) is 3.76. The van der Waals surface area contributed by atoms with Gasteiger partial charge in [-0.2, -0.15) is 0 Å². The van der Waals surface area contributed by atoms with E-state index >= 15 is 0 Å². The van der Waals surface area contributed by atoms with Crippen LogP contribution in [0.1, 0.15) is 44.1 Å². The second-order valence-corrected chi connectivity index (χ2v) is 7.73. The normalized spacial score (nSPS) is 22.4. The molecule has 1 amide bonds. The van der Waals surface area contributed by atoms with E-state index in [9.17, 15) is 4.79 Å². The average Bonchev–Trinajstić information content (AvgIpc) is 3.10. The number of hydrogen-bond donors (Lipinski definition) is 0. The molecule has 136 valence electrons. The third-order valence-corrected chi connectivity index (χ3v) is 5.95. The second kappa shape index (κ2) is 7.24. The number of carbonyl (C=O) groups excluding carboxylic acids is 1. The molecule has 3 heterocycles. The fraction of sp³-hybridized carbons (Fsp3) is 0.650. The van der Waals surface area contributed by atoms with Gasteiger partial charge in [-0.15, -0.1) is 0 Å². The van der Waals surface area contributed by atoms with E-state index in [0.717, 1.165) is 69.3 Å². The lowest BCUT2D eigenvalue weighted by atomic mass is 9.89. The molecule has 0 N–H and O–H groups in total. The highest BCUT2D eigenvalue weighted by Gasteiger charge is 2.26. The van der Waals surface area contributed by atoms with Crippen LogP contribution < -0.4 is 9.47 Å². The van der Waals surface area contributed by atoms with Crippen LogP contribution in [-0.2, 0) is 4.79 Å². The van der Waals surface area contributed by atoms with Crippen molar-refractivity contribution in [1.29, 1.82) is 0 Å². The first-order valence-corrected chi connectivity index (χ1v) is 9.59. The minimum Gasteiger partial charge on any atom is -0.454 e. The molecular weight excluding hydrogens is 316 g/mol. The van der Waals surface area contributed by atoms with E-state index in [0.29, 0.717) is 25.2 Å². The number of amides is 1. The summed E-state index contributed by atoms with van der Waals surface area (Å²) in [6, 6.07) is 6.31. The number of rotatable bonds is 3. The first-order valence-electron chi connectivity index (χ1n) is 9.59. The molecule has 4 rings (SSSR count). The van der Waals surface area contributed by atoms with E-state index in [-0.39, 0.29) is 0 Å². The molecular formula is C20H28N2O3. The lowest BCUT2D eigenvalue weighted by molar-refractivity contribution is -0.134. The van der Waals surface area contributed by atoms with Crippen LogP contribution in [0.3, 0.4) is 0 Å². The molecule has 1 aromatic carbocycles. The molecule has 5 heteroatoms. The van der Waals surface area contributed by atoms with Gasteiger partial charge in [0.25, 0.3) is 0 Å². The summed E-state index contributed by atoms with van der Waals surface area (Å²) in [6.45, 7) is 7.06. The van der Waals surface area contributed by atoms with Gasteiger partial charge in [-0.25, -0.2) is 0 Å². The zero-order chi connectivity index (χ0) is 17.2. The third-order valence-electron chi connectivity index (χ3n) is 5.95. The summed E-state index contributed by atoms with van der Waals surface area (Å²) in [5.41, 5.74) is 1.33. The topological polar surface area (TPSA) is 42.0 Å². The Labute approximate surface area is 149 Å². The Bertz CT molecular complexity index is 617. The van der Waals surface area contributed by atoms with Crippen molar-refractivity contribution in [2.45, 2.75) is 38.5 Å². The summed E-state index contributed by atoms with van der Waals surface area (Å²) in [5, 5.41) is 0. The number of carbonyl (C=O) groups is 1. The lowest BCUT2D eigenvalue weighted by Crippen LogP contribution is -2.45. The van der Waals surface area contributed by atoms with Gasteiger partial charge in [0.05, 0.1) is 6.54 Å². The Kier molecular flexibility index (Phi) is 4.84. The number of nitrogens with zero attached hydrogens (tertiary/aromatic N) is 2. The average molecular weight is 344 g/mol. The molecule has 0 saturated carbocycles. The molecule has 0 bridgehead atoms. The molecule has 3 aliphatic rings. The summed E-state index contributed by atoms with van der Waals surface area (Å²) in [4.78, 5) is 16.9. The van der Waals surface area contributed by atoms with Crippen molar-refractivity contribution in [3.05, 3.63) is 23.8 Å². The summed E-state index contributed by atoms with van der Waals surface area (Å²) >= 11 is 0. The SMILES string of the molecule is CC1CCN(C(=O)CN2CCC(c3ccc4c(c3)OCO4)CC2)CC1. The van der Waals surface area contributed by atoms with Gasteiger partial charge in [0.15, 0.2) is 11.5 Å². The zero-order valence-corrected chi connectivity index (χ0v) is 15.1. The molecule has 0 spiro atoms. The number of hydrogen-bond acceptors (Lipinski definition) is 4. The monoisotopic (exact) mass is 344 g/mol. The van der Waals surface area contributed by atoms with Crippen LogP contribution in [0.4, 0.5) is 0 Å². The van der Waals surface area contributed by atoms with Crippen LogP contribution in [-0.4, -0.2) is 55.2 Å². The summed E-state index contributed by atoms with van der Waals surface area (Å²) in [7, 11) is 0. The van der Waals surface area contributed by atoms with Gasteiger partial charge in [0, 0.05) is 13.1 Å². The maximum Gasteiger partial charge on any atom is 0.236 e. The van der Waals surface area contributed by atoms with E-state index in [4.69, 9.17) is 9.47 Å². The van der Waals surface area contributed by atoms with Crippen LogP contribution in [0, 0.1) is 5.92 Å². The highest BCUT2D eigenvalue weighted by Crippen LogP contribution is 2.37. The predicted molar refractivity (Wildman–Crippen MR) is 96.0 cm³/mol. The quantitative estimate of drug-likeness (QED) is 0.846. The molecule has 3 aliphatic heterocycles. The maximum atomic E-state index is 12.5. The summed E-state index contributed by atoms with van der Waals surface area (Å²) < 4.78 is 10.9. The van der Waals surface area contributed by atoms with Crippen molar-refractivity contribution >= 4 is 5.91 Å². The number of likely N-dealkylation sites (tertiary alicyclic amines) is 2. The first-order chi connectivity index (χ1) is 12.2. The fourth-order valence-corrected chi connectivity index (χ4v) is 4.14. The van der Waals surface area contributed by atoms with Crippen LogP contribution in [0.2, 0.25) is 0 Å². The Hall–Kier alpha value is -1.75. The molecule has 0 aliphatic carbocycles. The number of ether oxygens (including phenoxy) is 2. The second-order valence-electron chi connectivity index (χ2n) is 7.73. The van der Waals surface area contributed by atoms with Crippen molar-refractivity contribution in [3.8, 4) is 11.5 Å². The van der Waals surface area contributed by atoms with Crippen LogP contribution in [0.25, 0.3) is 0 Å². The highest BCUT2D eigenvalue weighted by molar-refractivity contribution is 5.78. The standard InChI is InChI=1S/C20H28N2O3/c1-15-4-10-22(11-5-15)20(23)13-21-8-6-16(7-9-21)17-2-3-18-19(12-17)25-14-24-18/h2-3,12,15-16H,4-11,13-14H2,1H3. The summed E-state index contributed by atoms with van der Waals surface area (Å²) in [6.07, 6.45) is 4.50. The lowest BCUT2D eigenvalue weighted by Gasteiger charge is -2.35. The van der Waals surface area contributed by atoms with Crippen molar-refractivity contribution in [2.75, 3.05) is 39.5 Å². The van der Waals surface area contributed by atoms with E-state index in [1.54, 1.807) is 0 Å². The van der Waals surface area contributed by atoms with Crippen molar-refractivity contribution in [3.63, 3.8) is 0 Å². The molecule has 0 radical (unpaired) electrons. The van der Waals surface area contributed by atoms with Crippen LogP contribution >= 0.6 is 0 Å². The molecule has 5 nitrogen and oxygen atoms in total. The number of benzene rings is 1. The summed E-state index contributed by atoms with van der Waals surface area (Å²) in [5.74, 6) is 3.35. The molecule has 2 fully saturated rings. The van der Waals surface area contributed by atoms with Gasteiger partial charge in [-0.3, -0.25) is 9.69 Å². The zero-order valence-electron chi connectivity index (χ0n) is 15.1. The highest BCUT2D eigenvalue weighted by atomic mass is 16.7. The van der Waals surface area contributed by atoms with Crippen molar-refractivity contribution < 1.29 is 14.3 Å². The Balaban J connectivity index is 1.27. The van der Waals surface area contributed by atoms with Gasteiger partial charge >= 0.3 is 0 Å². The van der Waals surface area contributed by atoms with Gasteiger partial charge < -0.3 is 14.4 Å². The molecule has 0 aromatic heterocycles. The van der Waals surface area contributed by atoms with Crippen molar-refractivity contribution in [2.24, 2.45) is 5.92 Å². The first kappa shape index (κ1) is 16.7. The minimum atomic E-state index is 0.313. The van der Waals surface area contributed by atoms with E-state index in [1.165, 1.54) is 5.56 Å². The molecule has 25 heavy (non-hydrogen) atoms. The van der Waals surface area contributed by atoms with E-state index in [1.807, 2.05) is 6.07 Å². The fourth-order valence-electron chi connectivity index (χ4n) is 4.14. The molecule has 0 atom stereocenters. The Morgan fingerprint density at radius 1 is 1.04 bits per heavy atom. The Morgan fingerprint density at radius 3 is 2.52 bits per heavy atom. The molecule has 1 aromatic rings. The van der Waals surface area contributed by atoms with Crippen molar-refractivity contribution in [1.82, 2.24) is 9.80 Å². The van der Waals surface area contributed by atoms with Gasteiger partial charge in [-0.1, -0.05) is 13.0 Å². The van der Waals surface area contributed by atoms with Gasteiger partial charge in [0.1, 0.15) is 0 Å². The minimum absolute atomic E-state index is 0.313. The number of piperidine rings is 2. The van der Waals surface area contributed by atoms with E-state index < -0.39 is 0 Å². The predicted octanol–water partition coefficient (Wildman–Crippen LogP) is 2.85. The molecule has 0 unspecified atom stereocenters. The Morgan fingerprint density at radius 2 is 1.76 bits per heavy atom. The van der Waals surface area contributed by atoms with Gasteiger partial charge in [-0.05, 0) is 68.3 Å². The van der Waals surface area contributed by atoms with Crippen LogP contribution in [0.5, 0.6) is 11.5 Å². The van der Waals surface area contributed by atoms with E-state index in [2.05, 4.69) is 28.9 Å².